The van der Waals surface area contributed by atoms with Crippen LogP contribution in [0.15, 0.2) is 12.1 Å². The fourth-order valence-electron chi connectivity index (χ4n) is 0.892. The molecule has 0 saturated carbocycles. The van der Waals surface area contributed by atoms with Crippen molar-refractivity contribution in [3.63, 3.8) is 0 Å². The maximum absolute atomic E-state index is 12.3. The summed E-state index contributed by atoms with van der Waals surface area (Å²) < 4.78 is 25.4. The molecule has 4 heteroatoms. The lowest BCUT2D eigenvalue weighted by Gasteiger charge is -2.06. The SMILES string of the molecule is Cc1c(I)cc(Cl)cc1C(F)F. The molecule has 1 rings (SSSR count). The third kappa shape index (κ3) is 2.07. The predicted molar refractivity (Wildman–Crippen MR) is 53.9 cm³/mol. The van der Waals surface area contributed by atoms with E-state index in [9.17, 15) is 8.78 Å². The van der Waals surface area contributed by atoms with Crippen molar-refractivity contribution < 1.29 is 8.78 Å². The molecule has 0 aromatic heterocycles. The van der Waals surface area contributed by atoms with E-state index in [1.54, 1.807) is 13.0 Å². The van der Waals surface area contributed by atoms with Gasteiger partial charge in [-0.05, 0) is 47.2 Å². The lowest BCUT2D eigenvalue weighted by molar-refractivity contribution is 0.150. The van der Waals surface area contributed by atoms with E-state index in [2.05, 4.69) is 0 Å². The minimum absolute atomic E-state index is 0.0203. The molecule has 0 unspecified atom stereocenters. The Kier molecular flexibility index (Phi) is 3.29. The van der Waals surface area contributed by atoms with Gasteiger partial charge in [0.2, 0.25) is 0 Å². The van der Waals surface area contributed by atoms with Gasteiger partial charge in [-0.3, -0.25) is 0 Å². The second-order valence-electron chi connectivity index (χ2n) is 2.40. The second kappa shape index (κ2) is 3.87. The molecule has 0 radical (unpaired) electrons. The quantitative estimate of drug-likeness (QED) is 0.682. The molecule has 12 heavy (non-hydrogen) atoms. The molecule has 0 amide bonds. The van der Waals surface area contributed by atoms with E-state index in [0.717, 1.165) is 3.57 Å². The Morgan fingerprint density at radius 1 is 1.42 bits per heavy atom. The summed E-state index contributed by atoms with van der Waals surface area (Å²) in [5, 5.41) is 0.361. The van der Waals surface area contributed by atoms with E-state index < -0.39 is 6.43 Å². The fraction of sp³-hybridized carbons (Fsp3) is 0.250. The van der Waals surface area contributed by atoms with Gasteiger partial charge in [-0.15, -0.1) is 0 Å². The van der Waals surface area contributed by atoms with Crippen LogP contribution in [0.2, 0.25) is 5.02 Å². The first kappa shape index (κ1) is 10.2. The van der Waals surface area contributed by atoms with Crippen LogP contribution in [0.25, 0.3) is 0 Å². The normalized spacial score (nSPS) is 10.8. The van der Waals surface area contributed by atoms with E-state index in [1.807, 2.05) is 22.6 Å². The highest BCUT2D eigenvalue weighted by Gasteiger charge is 2.13. The zero-order valence-corrected chi connectivity index (χ0v) is 9.16. The molecule has 0 N–H and O–H groups in total. The van der Waals surface area contributed by atoms with Crippen molar-refractivity contribution in [1.82, 2.24) is 0 Å². The first-order chi connectivity index (χ1) is 5.52. The fourth-order valence-corrected chi connectivity index (χ4v) is 1.95. The highest BCUT2D eigenvalue weighted by atomic mass is 127. The van der Waals surface area contributed by atoms with Crippen LogP contribution < -0.4 is 0 Å². The number of halogens is 4. The Labute approximate surface area is 88.1 Å². The zero-order chi connectivity index (χ0) is 9.30. The summed E-state index contributed by atoms with van der Waals surface area (Å²) in [7, 11) is 0. The summed E-state index contributed by atoms with van der Waals surface area (Å²) in [6.45, 7) is 1.67. The average Bonchev–Trinajstić information content (AvgIpc) is 1.96. The van der Waals surface area contributed by atoms with Gasteiger partial charge in [0.1, 0.15) is 0 Å². The minimum Gasteiger partial charge on any atom is -0.205 e. The van der Waals surface area contributed by atoms with Crippen LogP contribution in [0.1, 0.15) is 17.6 Å². The first-order valence-corrected chi connectivity index (χ1v) is 4.71. The molecular weight excluding hydrogens is 296 g/mol. The average molecular weight is 302 g/mol. The summed E-state index contributed by atoms with van der Waals surface area (Å²) >= 11 is 7.62. The summed E-state index contributed by atoms with van der Waals surface area (Å²) in [6.07, 6.45) is -2.45. The molecule has 0 saturated heterocycles. The van der Waals surface area contributed by atoms with Crippen LogP contribution in [0, 0.1) is 10.5 Å². The zero-order valence-electron chi connectivity index (χ0n) is 6.24. The summed E-state index contributed by atoms with van der Waals surface area (Å²) in [6, 6.07) is 2.98. The minimum atomic E-state index is -2.45. The summed E-state index contributed by atoms with van der Waals surface area (Å²) in [5.41, 5.74) is 0.627. The lowest BCUT2D eigenvalue weighted by atomic mass is 10.1. The Balaban J connectivity index is 3.28. The van der Waals surface area contributed by atoms with Gasteiger partial charge >= 0.3 is 0 Å². The molecule has 0 aliphatic rings. The molecule has 66 valence electrons. The van der Waals surface area contributed by atoms with Gasteiger partial charge in [0.05, 0.1) is 0 Å². The van der Waals surface area contributed by atoms with Crippen LogP contribution in [0.3, 0.4) is 0 Å². The van der Waals surface area contributed by atoms with Crippen molar-refractivity contribution >= 4 is 34.2 Å². The van der Waals surface area contributed by atoms with Gasteiger partial charge < -0.3 is 0 Å². The molecular formula is C8H6ClF2I. The first-order valence-electron chi connectivity index (χ1n) is 3.26. The molecule has 1 aromatic rings. The van der Waals surface area contributed by atoms with E-state index in [-0.39, 0.29) is 5.56 Å². The summed E-state index contributed by atoms with van der Waals surface area (Å²) in [4.78, 5) is 0. The van der Waals surface area contributed by atoms with Gasteiger partial charge in [-0.1, -0.05) is 11.6 Å². The molecule has 0 spiro atoms. The van der Waals surface area contributed by atoms with Gasteiger partial charge in [-0.25, -0.2) is 8.78 Å². The van der Waals surface area contributed by atoms with Crippen LogP contribution in [-0.4, -0.2) is 0 Å². The summed E-state index contributed by atoms with van der Waals surface area (Å²) in [5.74, 6) is 0. The third-order valence-electron chi connectivity index (χ3n) is 1.58. The molecule has 1 aromatic carbocycles. The molecule has 0 nitrogen and oxygen atoms in total. The van der Waals surface area contributed by atoms with Gasteiger partial charge in [-0.2, -0.15) is 0 Å². The van der Waals surface area contributed by atoms with Crippen LogP contribution in [0.4, 0.5) is 8.78 Å². The Morgan fingerprint density at radius 3 is 2.50 bits per heavy atom. The van der Waals surface area contributed by atoms with Crippen molar-refractivity contribution in [3.8, 4) is 0 Å². The number of alkyl halides is 2. The molecule has 0 atom stereocenters. The maximum Gasteiger partial charge on any atom is 0.264 e. The largest absolute Gasteiger partial charge is 0.264 e. The molecule has 0 heterocycles. The van der Waals surface area contributed by atoms with Crippen molar-refractivity contribution in [3.05, 3.63) is 31.9 Å². The van der Waals surface area contributed by atoms with Crippen LogP contribution in [-0.2, 0) is 0 Å². The smallest absolute Gasteiger partial charge is 0.205 e. The van der Waals surface area contributed by atoms with Gasteiger partial charge in [0.25, 0.3) is 6.43 Å². The van der Waals surface area contributed by atoms with Crippen LogP contribution >= 0.6 is 34.2 Å². The topological polar surface area (TPSA) is 0 Å². The lowest BCUT2D eigenvalue weighted by Crippen LogP contribution is -1.92. The van der Waals surface area contributed by atoms with E-state index in [4.69, 9.17) is 11.6 Å². The predicted octanol–water partition coefficient (Wildman–Crippen LogP) is 4.19. The van der Waals surface area contributed by atoms with Gasteiger partial charge in [0, 0.05) is 14.2 Å². The van der Waals surface area contributed by atoms with Crippen LogP contribution in [0.5, 0.6) is 0 Å². The molecule has 0 fully saturated rings. The van der Waals surface area contributed by atoms with Crippen molar-refractivity contribution in [2.75, 3.05) is 0 Å². The highest BCUT2D eigenvalue weighted by molar-refractivity contribution is 14.1. The van der Waals surface area contributed by atoms with E-state index in [1.165, 1.54) is 6.07 Å². The highest BCUT2D eigenvalue weighted by Crippen LogP contribution is 2.29. The number of hydrogen-bond donors (Lipinski definition) is 0. The molecule has 0 aliphatic carbocycles. The number of hydrogen-bond acceptors (Lipinski definition) is 0. The Hall–Kier alpha value is 0.1000. The van der Waals surface area contributed by atoms with E-state index >= 15 is 0 Å². The molecule has 0 aliphatic heterocycles. The number of benzene rings is 1. The monoisotopic (exact) mass is 302 g/mol. The van der Waals surface area contributed by atoms with Crippen molar-refractivity contribution in [1.29, 1.82) is 0 Å². The second-order valence-corrected chi connectivity index (χ2v) is 4.00. The number of rotatable bonds is 1. The van der Waals surface area contributed by atoms with Crippen molar-refractivity contribution in [2.45, 2.75) is 13.3 Å². The standard InChI is InChI=1S/C8H6ClF2I/c1-4-6(8(10)11)2-5(9)3-7(4)12/h2-3,8H,1H3. The third-order valence-corrected chi connectivity index (χ3v) is 2.92. The Bertz CT molecular complexity index is 299. The van der Waals surface area contributed by atoms with Crippen molar-refractivity contribution in [2.24, 2.45) is 0 Å². The maximum atomic E-state index is 12.3. The van der Waals surface area contributed by atoms with E-state index in [0.29, 0.717) is 10.6 Å². The Morgan fingerprint density at radius 2 is 2.00 bits per heavy atom. The van der Waals surface area contributed by atoms with Gasteiger partial charge in [0.15, 0.2) is 0 Å². The molecule has 0 bridgehead atoms.